The van der Waals surface area contributed by atoms with Gasteiger partial charge in [0.2, 0.25) is 0 Å². The fourth-order valence-electron chi connectivity index (χ4n) is 3.68. The molecule has 0 fully saturated rings. The van der Waals surface area contributed by atoms with Gasteiger partial charge < -0.3 is 14.9 Å². The molecule has 2 N–H and O–H groups in total. The fourth-order valence-corrected chi connectivity index (χ4v) is 3.68. The first kappa shape index (κ1) is 21.2. The van der Waals surface area contributed by atoms with Crippen molar-refractivity contribution >= 4 is 5.97 Å². The van der Waals surface area contributed by atoms with Crippen LogP contribution in [0.15, 0.2) is 61.2 Å². The van der Waals surface area contributed by atoms with Gasteiger partial charge >= 0.3 is 5.97 Å². The minimum atomic E-state index is -0.505. The minimum Gasteiger partial charge on any atom is -0.508 e. The first-order valence-corrected chi connectivity index (χ1v) is 9.75. The van der Waals surface area contributed by atoms with Gasteiger partial charge in [0.05, 0.1) is 0 Å². The van der Waals surface area contributed by atoms with Gasteiger partial charge in [0, 0.05) is 12.0 Å². The van der Waals surface area contributed by atoms with Gasteiger partial charge in [-0.2, -0.15) is 0 Å². The molecule has 0 radical (unpaired) electrons. The Labute approximate surface area is 177 Å². The largest absolute Gasteiger partial charge is 0.508 e. The Morgan fingerprint density at radius 3 is 1.73 bits per heavy atom. The highest BCUT2D eigenvalue weighted by Crippen LogP contribution is 2.39. The van der Waals surface area contributed by atoms with Crippen LogP contribution in [0.3, 0.4) is 0 Å². The van der Waals surface area contributed by atoms with Crippen LogP contribution in [-0.4, -0.2) is 16.2 Å². The van der Waals surface area contributed by atoms with Crippen molar-refractivity contribution in [2.75, 3.05) is 0 Å². The smallest absolute Gasteiger partial charge is 0.335 e. The van der Waals surface area contributed by atoms with Gasteiger partial charge in [-0.25, -0.2) is 4.79 Å². The number of aryl methyl sites for hydroxylation is 4. The number of aromatic hydroxyl groups is 2. The maximum absolute atomic E-state index is 11.5. The van der Waals surface area contributed by atoms with Crippen LogP contribution >= 0.6 is 0 Å². The molecule has 0 spiro atoms. The van der Waals surface area contributed by atoms with E-state index in [9.17, 15) is 15.0 Å². The third kappa shape index (κ3) is 4.23. The lowest BCUT2D eigenvalue weighted by atomic mass is 9.80. The van der Waals surface area contributed by atoms with Crippen LogP contribution in [0.1, 0.15) is 44.9 Å². The average molecular weight is 402 g/mol. The summed E-state index contributed by atoms with van der Waals surface area (Å²) in [5.41, 5.74) is 6.67. The molecule has 154 valence electrons. The standard InChI is InChI=1S/C26H26O4/c1-6-25(29)30-20-9-7-19(8-10-20)26(21-11-17(4)23(27)13-15(21)2)22-12-18(5)24(28)14-16(22)3/h6-14,26-28H,1H2,2-5H3. The number of ether oxygens (including phenoxy) is 1. The lowest BCUT2D eigenvalue weighted by Crippen LogP contribution is -2.09. The highest BCUT2D eigenvalue weighted by atomic mass is 16.5. The molecule has 3 aromatic carbocycles. The molecular formula is C26H26O4. The van der Waals surface area contributed by atoms with E-state index in [1.54, 1.807) is 24.3 Å². The van der Waals surface area contributed by atoms with E-state index in [0.29, 0.717) is 5.75 Å². The predicted molar refractivity (Wildman–Crippen MR) is 118 cm³/mol. The Balaban J connectivity index is 2.18. The zero-order valence-corrected chi connectivity index (χ0v) is 17.7. The van der Waals surface area contributed by atoms with Crippen LogP contribution in [0.4, 0.5) is 0 Å². The highest BCUT2D eigenvalue weighted by Gasteiger charge is 2.22. The zero-order chi connectivity index (χ0) is 22.0. The number of esters is 1. The molecule has 0 amide bonds. The number of carbonyl (C=O) groups is 1. The SMILES string of the molecule is C=CC(=O)Oc1ccc(C(c2cc(C)c(O)cc2C)c2cc(C)c(O)cc2C)cc1. The third-order valence-electron chi connectivity index (χ3n) is 5.39. The van der Waals surface area contributed by atoms with E-state index in [1.165, 1.54) is 0 Å². The van der Waals surface area contributed by atoms with E-state index < -0.39 is 5.97 Å². The molecule has 0 atom stereocenters. The molecule has 0 saturated heterocycles. The van der Waals surface area contributed by atoms with Gasteiger partial charge in [0.15, 0.2) is 0 Å². The van der Waals surface area contributed by atoms with Crippen molar-refractivity contribution in [1.29, 1.82) is 0 Å². The third-order valence-corrected chi connectivity index (χ3v) is 5.39. The summed E-state index contributed by atoms with van der Waals surface area (Å²) in [5, 5.41) is 20.3. The molecule has 0 saturated carbocycles. The summed E-state index contributed by atoms with van der Waals surface area (Å²) in [6.45, 7) is 11.1. The van der Waals surface area contributed by atoms with Crippen LogP contribution in [0.5, 0.6) is 17.2 Å². The maximum atomic E-state index is 11.5. The van der Waals surface area contributed by atoms with E-state index in [0.717, 1.165) is 45.0 Å². The summed E-state index contributed by atoms with van der Waals surface area (Å²) in [7, 11) is 0. The second-order valence-corrected chi connectivity index (χ2v) is 7.62. The molecule has 3 aromatic rings. The first-order chi connectivity index (χ1) is 14.2. The number of phenols is 2. The van der Waals surface area contributed by atoms with Crippen molar-refractivity contribution < 1.29 is 19.7 Å². The number of rotatable bonds is 5. The number of phenolic OH excluding ortho intramolecular Hbond substituents is 2. The zero-order valence-electron chi connectivity index (χ0n) is 17.7. The van der Waals surface area contributed by atoms with E-state index in [1.807, 2.05) is 52.0 Å². The van der Waals surface area contributed by atoms with Gasteiger partial charge in [-0.3, -0.25) is 0 Å². The molecule has 0 aromatic heterocycles. The van der Waals surface area contributed by atoms with E-state index >= 15 is 0 Å². The number of benzene rings is 3. The fraction of sp³-hybridized carbons (Fsp3) is 0.192. The molecular weight excluding hydrogens is 376 g/mol. The van der Waals surface area contributed by atoms with E-state index in [2.05, 4.69) is 6.58 Å². The van der Waals surface area contributed by atoms with Crippen LogP contribution in [0.25, 0.3) is 0 Å². The molecule has 0 bridgehead atoms. The van der Waals surface area contributed by atoms with Gasteiger partial charge in [-0.1, -0.05) is 30.8 Å². The normalized spacial score (nSPS) is 10.8. The summed E-state index contributed by atoms with van der Waals surface area (Å²) in [6.07, 6.45) is 1.13. The lowest BCUT2D eigenvalue weighted by Gasteiger charge is -2.24. The van der Waals surface area contributed by atoms with Crippen molar-refractivity contribution in [3.63, 3.8) is 0 Å². The van der Waals surface area contributed by atoms with Crippen LogP contribution in [-0.2, 0) is 4.79 Å². The maximum Gasteiger partial charge on any atom is 0.335 e. The molecule has 0 aliphatic heterocycles. The summed E-state index contributed by atoms with van der Waals surface area (Å²) >= 11 is 0. The van der Waals surface area contributed by atoms with Crippen molar-refractivity contribution in [1.82, 2.24) is 0 Å². The van der Waals surface area contributed by atoms with Gasteiger partial charge in [0.1, 0.15) is 17.2 Å². The molecule has 4 heteroatoms. The molecule has 0 aliphatic rings. The lowest BCUT2D eigenvalue weighted by molar-refractivity contribution is -0.128. The van der Waals surface area contributed by atoms with Crippen molar-refractivity contribution in [2.45, 2.75) is 33.6 Å². The van der Waals surface area contributed by atoms with Gasteiger partial charge in [-0.15, -0.1) is 0 Å². The minimum absolute atomic E-state index is 0.118. The summed E-state index contributed by atoms with van der Waals surface area (Å²) in [6, 6.07) is 14.9. The Bertz CT molecular complexity index is 1050. The van der Waals surface area contributed by atoms with Crippen LogP contribution in [0.2, 0.25) is 0 Å². The molecule has 0 unspecified atom stereocenters. The average Bonchev–Trinajstić information content (AvgIpc) is 2.70. The van der Waals surface area contributed by atoms with Crippen molar-refractivity contribution in [2.24, 2.45) is 0 Å². The second kappa shape index (κ2) is 8.46. The molecule has 3 rings (SSSR count). The molecule has 0 aliphatic carbocycles. The number of carbonyl (C=O) groups excluding carboxylic acids is 1. The van der Waals surface area contributed by atoms with Gasteiger partial charge in [-0.05, 0) is 90.9 Å². The quantitative estimate of drug-likeness (QED) is 0.252. The molecule has 4 nitrogen and oxygen atoms in total. The van der Waals surface area contributed by atoms with Crippen molar-refractivity contribution in [3.05, 3.63) is 100 Å². The van der Waals surface area contributed by atoms with Crippen LogP contribution in [0, 0.1) is 27.7 Å². The monoisotopic (exact) mass is 402 g/mol. The van der Waals surface area contributed by atoms with Crippen LogP contribution < -0.4 is 4.74 Å². The Kier molecular flexibility index (Phi) is 5.97. The summed E-state index contributed by atoms with van der Waals surface area (Å²) < 4.78 is 5.20. The topological polar surface area (TPSA) is 66.8 Å². The Morgan fingerprint density at radius 1 is 0.833 bits per heavy atom. The molecule has 30 heavy (non-hydrogen) atoms. The highest BCUT2D eigenvalue weighted by molar-refractivity contribution is 5.83. The first-order valence-electron chi connectivity index (χ1n) is 9.75. The van der Waals surface area contributed by atoms with Crippen molar-refractivity contribution in [3.8, 4) is 17.2 Å². The number of hydrogen-bond acceptors (Lipinski definition) is 4. The Hall–Kier alpha value is -3.53. The summed E-state index contributed by atoms with van der Waals surface area (Å²) in [5.74, 6) is 0.349. The van der Waals surface area contributed by atoms with E-state index in [-0.39, 0.29) is 17.4 Å². The van der Waals surface area contributed by atoms with E-state index in [4.69, 9.17) is 4.74 Å². The molecule has 0 heterocycles. The predicted octanol–water partition coefficient (Wildman–Crippen LogP) is 5.60. The van der Waals surface area contributed by atoms with Gasteiger partial charge in [0.25, 0.3) is 0 Å². The summed E-state index contributed by atoms with van der Waals surface area (Å²) in [4.78, 5) is 11.5. The second-order valence-electron chi connectivity index (χ2n) is 7.62. The Morgan fingerprint density at radius 2 is 1.30 bits per heavy atom. The number of hydrogen-bond donors (Lipinski definition) is 2.